The van der Waals surface area contributed by atoms with Gasteiger partial charge in [-0.2, -0.15) is 0 Å². The number of carbonyl (C=O) groups excluding carboxylic acids is 2. The molecule has 6 heteroatoms. The molecule has 1 N–H and O–H groups in total. The van der Waals surface area contributed by atoms with E-state index < -0.39 is 6.03 Å². The fraction of sp³-hybridized carbons (Fsp3) is 0.0435. The maximum atomic E-state index is 12.6. The Hall–Kier alpha value is -3.13. The Balaban J connectivity index is 1.44. The van der Waals surface area contributed by atoms with Crippen LogP contribution in [0, 0.1) is 3.57 Å². The van der Waals surface area contributed by atoms with E-state index in [4.69, 9.17) is 4.74 Å². The number of anilines is 1. The van der Waals surface area contributed by atoms with Gasteiger partial charge in [0.25, 0.3) is 5.91 Å². The molecule has 0 atom stereocenters. The lowest BCUT2D eigenvalue weighted by molar-refractivity contribution is -0.113. The first-order chi connectivity index (χ1) is 14.1. The summed E-state index contributed by atoms with van der Waals surface area (Å²) >= 11 is 2.27. The number of imide groups is 1. The number of nitrogens with zero attached hydrogens (tertiary/aromatic N) is 1. The molecule has 3 aromatic rings. The lowest BCUT2D eigenvalue weighted by atomic mass is 10.2. The maximum Gasteiger partial charge on any atom is 0.333 e. The average Bonchev–Trinajstić information content (AvgIpc) is 3.02. The van der Waals surface area contributed by atoms with Crippen LogP contribution in [0.15, 0.2) is 84.6 Å². The first-order valence-corrected chi connectivity index (χ1v) is 10.1. The number of halogens is 1. The molecule has 29 heavy (non-hydrogen) atoms. The summed E-state index contributed by atoms with van der Waals surface area (Å²) in [6, 6.07) is 23.9. The quantitative estimate of drug-likeness (QED) is 0.309. The molecule has 144 valence electrons. The number of rotatable bonds is 5. The van der Waals surface area contributed by atoms with Crippen LogP contribution in [0.25, 0.3) is 6.08 Å². The van der Waals surface area contributed by atoms with Crippen molar-refractivity contribution in [3.63, 3.8) is 0 Å². The second-order valence-electron chi connectivity index (χ2n) is 6.45. The van der Waals surface area contributed by atoms with Crippen molar-refractivity contribution in [2.75, 3.05) is 4.90 Å². The van der Waals surface area contributed by atoms with E-state index in [2.05, 4.69) is 27.9 Å². The molecule has 1 aliphatic heterocycles. The van der Waals surface area contributed by atoms with Gasteiger partial charge in [-0.1, -0.05) is 42.5 Å². The number of benzene rings is 3. The van der Waals surface area contributed by atoms with E-state index in [9.17, 15) is 9.59 Å². The number of para-hydroxylation sites is 1. The van der Waals surface area contributed by atoms with Gasteiger partial charge in [0.05, 0.1) is 5.69 Å². The van der Waals surface area contributed by atoms with Crippen LogP contribution in [0.3, 0.4) is 0 Å². The van der Waals surface area contributed by atoms with Gasteiger partial charge in [-0.15, -0.1) is 0 Å². The first-order valence-electron chi connectivity index (χ1n) is 9.00. The predicted octanol–water partition coefficient (Wildman–Crippen LogP) is 4.97. The first kappa shape index (κ1) is 19.2. The Kier molecular flexibility index (Phi) is 5.62. The van der Waals surface area contributed by atoms with Crippen molar-refractivity contribution in [1.82, 2.24) is 5.32 Å². The normalized spacial score (nSPS) is 14.9. The van der Waals surface area contributed by atoms with Crippen LogP contribution in [0.2, 0.25) is 0 Å². The summed E-state index contributed by atoms with van der Waals surface area (Å²) in [5, 5.41) is 2.63. The minimum absolute atomic E-state index is 0.242. The summed E-state index contributed by atoms with van der Waals surface area (Å²) in [4.78, 5) is 26.0. The summed E-state index contributed by atoms with van der Waals surface area (Å²) in [6.45, 7) is 0.484. The van der Waals surface area contributed by atoms with Crippen molar-refractivity contribution in [3.05, 3.63) is 99.3 Å². The van der Waals surface area contributed by atoms with Crippen LogP contribution >= 0.6 is 22.6 Å². The number of hydrogen-bond donors (Lipinski definition) is 1. The van der Waals surface area contributed by atoms with Gasteiger partial charge in [-0.3, -0.25) is 4.79 Å². The van der Waals surface area contributed by atoms with Crippen LogP contribution in [-0.2, 0) is 11.4 Å². The monoisotopic (exact) mass is 496 g/mol. The highest BCUT2D eigenvalue weighted by atomic mass is 127. The second kappa shape index (κ2) is 8.48. The average molecular weight is 496 g/mol. The van der Waals surface area contributed by atoms with Gasteiger partial charge in [0.1, 0.15) is 18.1 Å². The van der Waals surface area contributed by atoms with Crippen LogP contribution in [0.1, 0.15) is 11.1 Å². The highest BCUT2D eigenvalue weighted by Crippen LogP contribution is 2.22. The van der Waals surface area contributed by atoms with E-state index in [1.54, 1.807) is 30.3 Å². The third-order valence-electron chi connectivity index (χ3n) is 4.40. The molecule has 1 saturated heterocycles. The SMILES string of the molecule is O=C1NC(=Cc2ccc(OCc3ccc(I)cc3)cc2)C(=O)N1c1ccccc1. The fourth-order valence-corrected chi connectivity index (χ4v) is 3.28. The van der Waals surface area contributed by atoms with Gasteiger partial charge < -0.3 is 10.1 Å². The molecule has 0 bridgehead atoms. The molecule has 0 saturated carbocycles. The van der Waals surface area contributed by atoms with Gasteiger partial charge in [0.15, 0.2) is 0 Å². The van der Waals surface area contributed by atoms with Gasteiger partial charge in [0.2, 0.25) is 0 Å². The lowest BCUT2D eigenvalue weighted by Crippen LogP contribution is -2.30. The highest BCUT2D eigenvalue weighted by molar-refractivity contribution is 14.1. The summed E-state index contributed by atoms with van der Waals surface area (Å²) in [7, 11) is 0. The van der Waals surface area contributed by atoms with Gasteiger partial charge in [-0.05, 0) is 76.2 Å². The van der Waals surface area contributed by atoms with Crippen LogP contribution < -0.4 is 15.0 Å². The zero-order valence-corrected chi connectivity index (χ0v) is 17.5. The number of ether oxygens (including phenoxy) is 1. The molecular weight excluding hydrogens is 479 g/mol. The largest absolute Gasteiger partial charge is 0.489 e. The van der Waals surface area contributed by atoms with Gasteiger partial charge >= 0.3 is 6.03 Å². The summed E-state index contributed by atoms with van der Waals surface area (Å²) in [5.74, 6) is 0.360. The molecule has 4 rings (SSSR count). The van der Waals surface area contributed by atoms with E-state index in [0.717, 1.165) is 21.8 Å². The van der Waals surface area contributed by atoms with Crippen molar-refractivity contribution in [1.29, 1.82) is 0 Å². The third-order valence-corrected chi connectivity index (χ3v) is 5.12. The molecular formula is C23H17IN2O3. The standard InChI is InChI=1S/C23H17IN2O3/c24-18-10-6-17(7-11-18)15-29-20-12-8-16(9-13-20)14-21-22(27)26(23(28)25-21)19-4-2-1-3-5-19/h1-14H,15H2,(H,25,28). The molecule has 3 aromatic carbocycles. The molecule has 1 aliphatic rings. The van der Waals surface area contributed by atoms with E-state index in [1.807, 2.05) is 54.6 Å². The summed E-state index contributed by atoms with van der Waals surface area (Å²) in [5.41, 5.74) is 2.67. The van der Waals surface area contributed by atoms with E-state index in [1.165, 1.54) is 3.57 Å². The molecule has 0 aromatic heterocycles. The van der Waals surface area contributed by atoms with Crippen molar-refractivity contribution < 1.29 is 14.3 Å². The maximum absolute atomic E-state index is 12.6. The summed E-state index contributed by atoms with van der Waals surface area (Å²) in [6.07, 6.45) is 1.66. The number of urea groups is 1. The molecule has 0 radical (unpaired) electrons. The molecule has 3 amide bonds. The summed E-state index contributed by atoms with van der Waals surface area (Å²) < 4.78 is 6.99. The Morgan fingerprint density at radius 1 is 0.897 bits per heavy atom. The zero-order chi connectivity index (χ0) is 20.2. The molecule has 0 unspecified atom stereocenters. The molecule has 0 spiro atoms. The van der Waals surface area contributed by atoms with Gasteiger partial charge in [0, 0.05) is 3.57 Å². The molecule has 1 fully saturated rings. The predicted molar refractivity (Wildman–Crippen MR) is 120 cm³/mol. The Morgan fingerprint density at radius 2 is 1.59 bits per heavy atom. The van der Waals surface area contributed by atoms with Crippen molar-refractivity contribution >= 4 is 46.3 Å². The highest BCUT2D eigenvalue weighted by Gasteiger charge is 2.34. The Morgan fingerprint density at radius 3 is 2.28 bits per heavy atom. The van der Waals surface area contributed by atoms with Crippen LogP contribution in [0.4, 0.5) is 10.5 Å². The minimum atomic E-state index is -0.454. The lowest BCUT2D eigenvalue weighted by Gasteiger charge is -2.10. The molecule has 5 nitrogen and oxygen atoms in total. The Labute approximate surface area is 182 Å². The topological polar surface area (TPSA) is 58.6 Å². The number of amides is 3. The van der Waals surface area contributed by atoms with Crippen LogP contribution in [-0.4, -0.2) is 11.9 Å². The third kappa shape index (κ3) is 4.48. The van der Waals surface area contributed by atoms with Gasteiger partial charge in [-0.25, -0.2) is 9.69 Å². The second-order valence-corrected chi connectivity index (χ2v) is 7.69. The van der Waals surface area contributed by atoms with Crippen molar-refractivity contribution in [2.45, 2.75) is 6.61 Å². The van der Waals surface area contributed by atoms with Crippen LogP contribution in [0.5, 0.6) is 5.75 Å². The van der Waals surface area contributed by atoms with E-state index in [0.29, 0.717) is 12.3 Å². The molecule has 1 heterocycles. The number of nitrogens with one attached hydrogen (secondary N) is 1. The molecule has 0 aliphatic carbocycles. The fourth-order valence-electron chi connectivity index (χ4n) is 2.92. The number of carbonyl (C=O) groups is 2. The van der Waals surface area contributed by atoms with E-state index in [-0.39, 0.29) is 11.6 Å². The minimum Gasteiger partial charge on any atom is -0.489 e. The van der Waals surface area contributed by atoms with E-state index >= 15 is 0 Å². The zero-order valence-electron chi connectivity index (χ0n) is 15.3. The smallest absolute Gasteiger partial charge is 0.333 e. The Bertz CT molecular complexity index is 1060. The van der Waals surface area contributed by atoms with Crippen molar-refractivity contribution in [2.24, 2.45) is 0 Å². The number of hydrogen-bond acceptors (Lipinski definition) is 3. The van der Waals surface area contributed by atoms with Crippen molar-refractivity contribution in [3.8, 4) is 5.75 Å².